The minimum atomic E-state index is 0.343. The summed E-state index contributed by atoms with van der Waals surface area (Å²) in [4.78, 5) is 0. The Labute approximate surface area is 109 Å². The fourth-order valence-electron chi connectivity index (χ4n) is 1.34. The molecule has 0 unspecified atom stereocenters. The lowest BCUT2D eigenvalue weighted by molar-refractivity contribution is -0.0580. The van der Waals surface area contributed by atoms with Gasteiger partial charge in [-0.1, -0.05) is 24.3 Å². The normalized spacial score (nSPS) is 10.8. The van der Waals surface area contributed by atoms with Crippen LogP contribution < -0.4 is 0 Å². The van der Waals surface area contributed by atoms with E-state index in [-0.39, 0.29) is 0 Å². The molecule has 18 heavy (non-hydrogen) atoms. The summed E-state index contributed by atoms with van der Waals surface area (Å²) < 4.78 is 20.9. The molecule has 0 aliphatic heterocycles. The molecule has 4 heteroatoms. The van der Waals surface area contributed by atoms with E-state index < -0.39 is 0 Å². The van der Waals surface area contributed by atoms with Crippen molar-refractivity contribution in [3.63, 3.8) is 0 Å². The van der Waals surface area contributed by atoms with Gasteiger partial charge in [0.1, 0.15) is 13.6 Å². The van der Waals surface area contributed by atoms with E-state index in [0.29, 0.717) is 40.0 Å². The lowest BCUT2D eigenvalue weighted by Crippen LogP contribution is -2.01. The van der Waals surface area contributed by atoms with E-state index in [0.717, 1.165) is 11.1 Å². The maximum Gasteiger partial charge on any atom is 0.147 e. The number of benzene rings is 1. The molecule has 1 aromatic rings. The monoisotopic (exact) mass is 254 g/mol. The first-order chi connectivity index (χ1) is 8.86. The van der Waals surface area contributed by atoms with Crippen LogP contribution in [0.4, 0.5) is 0 Å². The van der Waals surface area contributed by atoms with E-state index in [1.54, 1.807) is 0 Å². The van der Waals surface area contributed by atoms with E-state index in [4.69, 9.17) is 18.9 Å². The van der Waals surface area contributed by atoms with Gasteiger partial charge < -0.3 is 18.9 Å². The zero-order chi connectivity index (χ0) is 13.1. The third-order valence-electron chi connectivity index (χ3n) is 2.30. The average Bonchev–Trinajstić information content (AvgIpc) is 2.41. The Bertz CT molecular complexity index is 266. The first-order valence-electron chi connectivity index (χ1n) is 6.25. The second-order valence-corrected chi connectivity index (χ2v) is 3.73. The van der Waals surface area contributed by atoms with Crippen LogP contribution >= 0.6 is 0 Å². The van der Waals surface area contributed by atoms with Gasteiger partial charge in [0.2, 0.25) is 0 Å². The quantitative estimate of drug-likeness (QED) is 0.475. The molecule has 0 atom stereocenters. The molecule has 0 saturated heterocycles. The van der Waals surface area contributed by atoms with Crippen molar-refractivity contribution in [2.45, 2.75) is 27.1 Å². The lowest BCUT2D eigenvalue weighted by Gasteiger charge is -2.06. The van der Waals surface area contributed by atoms with Crippen LogP contribution in [0.2, 0.25) is 0 Å². The molecule has 0 bridgehead atoms. The van der Waals surface area contributed by atoms with Crippen molar-refractivity contribution in [2.75, 3.05) is 26.8 Å². The van der Waals surface area contributed by atoms with Crippen LogP contribution in [0.1, 0.15) is 25.0 Å². The molecule has 102 valence electrons. The highest BCUT2D eigenvalue weighted by atomic mass is 16.7. The third kappa shape index (κ3) is 6.71. The second-order valence-electron chi connectivity index (χ2n) is 3.73. The summed E-state index contributed by atoms with van der Waals surface area (Å²) in [5, 5.41) is 0. The Balaban J connectivity index is 2.20. The Kier molecular flexibility index (Phi) is 8.42. The van der Waals surface area contributed by atoms with Gasteiger partial charge in [0.05, 0.1) is 13.2 Å². The summed E-state index contributed by atoms with van der Waals surface area (Å²) in [5.74, 6) is 0. The summed E-state index contributed by atoms with van der Waals surface area (Å²) in [7, 11) is 0. The first-order valence-corrected chi connectivity index (χ1v) is 6.25. The van der Waals surface area contributed by atoms with Gasteiger partial charge in [-0.3, -0.25) is 0 Å². The molecule has 0 amide bonds. The predicted molar refractivity (Wildman–Crippen MR) is 69.0 cm³/mol. The summed E-state index contributed by atoms with van der Waals surface area (Å²) in [6, 6.07) is 8.13. The van der Waals surface area contributed by atoms with Crippen LogP contribution in [-0.2, 0) is 32.2 Å². The Morgan fingerprint density at radius 3 is 1.39 bits per heavy atom. The van der Waals surface area contributed by atoms with Gasteiger partial charge in [0.15, 0.2) is 0 Å². The zero-order valence-corrected chi connectivity index (χ0v) is 11.2. The molecule has 0 saturated carbocycles. The van der Waals surface area contributed by atoms with Crippen molar-refractivity contribution < 1.29 is 18.9 Å². The summed E-state index contributed by atoms with van der Waals surface area (Å²) in [6.07, 6.45) is 0. The minimum Gasteiger partial charge on any atom is -0.356 e. The van der Waals surface area contributed by atoms with Gasteiger partial charge in [-0.05, 0) is 25.0 Å². The summed E-state index contributed by atoms with van der Waals surface area (Å²) in [6.45, 7) is 7.07. The average molecular weight is 254 g/mol. The topological polar surface area (TPSA) is 36.9 Å². The molecule has 0 spiro atoms. The maximum atomic E-state index is 5.34. The van der Waals surface area contributed by atoms with E-state index in [1.165, 1.54) is 0 Å². The van der Waals surface area contributed by atoms with E-state index >= 15 is 0 Å². The van der Waals surface area contributed by atoms with Crippen LogP contribution in [-0.4, -0.2) is 26.8 Å². The standard InChI is InChI=1S/C14H22O4/c1-3-15-11-17-9-13-5-7-14(8-6-13)10-18-12-16-4-2/h5-8H,3-4,9-12H2,1-2H3. The van der Waals surface area contributed by atoms with Crippen molar-refractivity contribution in [3.8, 4) is 0 Å². The fourth-order valence-corrected chi connectivity index (χ4v) is 1.34. The molecule has 0 aliphatic carbocycles. The molecule has 0 N–H and O–H groups in total. The molecular formula is C14H22O4. The molecule has 1 aromatic carbocycles. The molecule has 0 radical (unpaired) electrons. The largest absolute Gasteiger partial charge is 0.356 e. The molecule has 0 fully saturated rings. The summed E-state index contributed by atoms with van der Waals surface area (Å²) in [5.41, 5.74) is 2.26. The fraction of sp³-hybridized carbons (Fsp3) is 0.571. The van der Waals surface area contributed by atoms with Gasteiger partial charge >= 0.3 is 0 Å². The zero-order valence-electron chi connectivity index (χ0n) is 11.2. The molecule has 0 aromatic heterocycles. The Hall–Kier alpha value is -0.940. The number of hydrogen-bond donors (Lipinski definition) is 0. The van der Waals surface area contributed by atoms with E-state index in [2.05, 4.69) is 0 Å². The molecule has 4 nitrogen and oxygen atoms in total. The van der Waals surface area contributed by atoms with Crippen LogP contribution in [0.5, 0.6) is 0 Å². The Morgan fingerprint density at radius 2 is 1.06 bits per heavy atom. The number of ether oxygens (including phenoxy) is 4. The molecule has 0 heterocycles. The van der Waals surface area contributed by atoms with Crippen LogP contribution in [0.15, 0.2) is 24.3 Å². The van der Waals surface area contributed by atoms with Gasteiger partial charge in [0.25, 0.3) is 0 Å². The van der Waals surface area contributed by atoms with Crippen LogP contribution in [0.25, 0.3) is 0 Å². The van der Waals surface area contributed by atoms with Crippen LogP contribution in [0.3, 0.4) is 0 Å². The van der Waals surface area contributed by atoms with Gasteiger partial charge in [-0.2, -0.15) is 0 Å². The SMILES string of the molecule is CCOCOCc1ccc(COCOCC)cc1. The maximum absolute atomic E-state index is 5.34. The molecular weight excluding hydrogens is 232 g/mol. The highest BCUT2D eigenvalue weighted by molar-refractivity contribution is 5.21. The molecule has 1 rings (SSSR count). The highest BCUT2D eigenvalue weighted by Gasteiger charge is 1.96. The van der Waals surface area contributed by atoms with Crippen LogP contribution in [0, 0.1) is 0 Å². The van der Waals surface area contributed by atoms with Crippen molar-refractivity contribution in [2.24, 2.45) is 0 Å². The highest BCUT2D eigenvalue weighted by Crippen LogP contribution is 2.07. The van der Waals surface area contributed by atoms with Gasteiger partial charge in [-0.15, -0.1) is 0 Å². The minimum absolute atomic E-state index is 0.343. The van der Waals surface area contributed by atoms with E-state index in [9.17, 15) is 0 Å². The smallest absolute Gasteiger partial charge is 0.147 e. The first kappa shape index (κ1) is 15.1. The van der Waals surface area contributed by atoms with Gasteiger partial charge in [-0.25, -0.2) is 0 Å². The predicted octanol–water partition coefficient (Wildman–Crippen LogP) is 2.71. The molecule has 0 aliphatic rings. The van der Waals surface area contributed by atoms with Crippen molar-refractivity contribution >= 4 is 0 Å². The third-order valence-corrected chi connectivity index (χ3v) is 2.30. The van der Waals surface area contributed by atoms with Crippen molar-refractivity contribution in [3.05, 3.63) is 35.4 Å². The second kappa shape index (κ2) is 10.0. The lowest BCUT2D eigenvalue weighted by atomic mass is 10.1. The van der Waals surface area contributed by atoms with Crippen molar-refractivity contribution in [1.82, 2.24) is 0 Å². The number of hydrogen-bond acceptors (Lipinski definition) is 4. The van der Waals surface area contributed by atoms with Gasteiger partial charge in [0, 0.05) is 13.2 Å². The summed E-state index contributed by atoms with van der Waals surface area (Å²) >= 11 is 0. The van der Waals surface area contributed by atoms with Crippen molar-refractivity contribution in [1.29, 1.82) is 0 Å². The Morgan fingerprint density at radius 1 is 0.667 bits per heavy atom. The van der Waals surface area contributed by atoms with E-state index in [1.807, 2.05) is 38.1 Å². The number of rotatable bonds is 10.